The first-order valence-corrected chi connectivity index (χ1v) is 8.18. The molecule has 1 aliphatic rings. The molecule has 3 nitrogen and oxygen atoms in total. The highest BCUT2D eigenvalue weighted by Gasteiger charge is 2.17. The third-order valence-corrected chi connectivity index (χ3v) is 4.45. The zero-order chi connectivity index (χ0) is 14.7. The van der Waals surface area contributed by atoms with Gasteiger partial charge in [0, 0.05) is 49.4 Å². The van der Waals surface area contributed by atoms with Gasteiger partial charge in [-0.2, -0.15) is 11.3 Å². The molecule has 0 atom stereocenters. The fourth-order valence-corrected chi connectivity index (χ4v) is 3.04. The van der Waals surface area contributed by atoms with Crippen molar-refractivity contribution in [2.24, 2.45) is 0 Å². The third kappa shape index (κ3) is 3.56. The maximum Gasteiger partial charge on any atom is 0.131 e. The van der Waals surface area contributed by atoms with Crippen LogP contribution in [0.1, 0.15) is 11.1 Å². The Labute approximate surface area is 134 Å². The number of pyridine rings is 1. The molecule has 0 radical (unpaired) electrons. The molecule has 1 aliphatic heterocycles. The number of rotatable bonds is 1. The van der Waals surface area contributed by atoms with Gasteiger partial charge in [0.05, 0.1) is 11.3 Å². The topological polar surface area (TPSA) is 19.4 Å². The van der Waals surface area contributed by atoms with Gasteiger partial charge >= 0.3 is 0 Å². The maximum absolute atomic E-state index is 6.07. The molecular formula is C16H16ClN3S. The molecule has 0 aromatic carbocycles. The number of anilines is 1. The molecule has 3 heterocycles. The predicted molar refractivity (Wildman–Crippen MR) is 89.3 cm³/mol. The van der Waals surface area contributed by atoms with Crippen LogP contribution in [-0.2, 0) is 0 Å². The molecule has 0 aliphatic carbocycles. The highest BCUT2D eigenvalue weighted by molar-refractivity contribution is 7.08. The fraction of sp³-hybridized carbons (Fsp3) is 0.312. The van der Waals surface area contributed by atoms with Crippen LogP contribution in [0.15, 0.2) is 29.1 Å². The Bertz CT molecular complexity index is 665. The van der Waals surface area contributed by atoms with Crippen molar-refractivity contribution < 1.29 is 0 Å². The lowest BCUT2D eigenvalue weighted by molar-refractivity contribution is 0.313. The standard InChI is InChI=1S/C16H16ClN3S/c1-19-5-7-20(8-6-19)15-10-16(17)18-11-14(15)3-2-13-4-9-21-12-13/h4,9-12H,5-8H2,1H3. The van der Waals surface area contributed by atoms with Gasteiger partial charge in [0.25, 0.3) is 0 Å². The lowest BCUT2D eigenvalue weighted by atomic mass is 10.2. The number of thiophene rings is 1. The highest BCUT2D eigenvalue weighted by atomic mass is 35.5. The summed E-state index contributed by atoms with van der Waals surface area (Å²) in [5, 5.41) is 4.60. The molecule has 2 aromatic heterocycles. The molecule has 3 rings (SSSR count). The van der Waals surface area contributed by atoms with Crippen molar-refractivity contribution in [2.45, 2.75) is 0 Å². The molecule has 0 saturated carbocycles. The van der Waals surface area contributed by atoms with Gasteiger partial charge in [-0.3, -0.25) is 0 Å². The van der Waals surface area contributed by atoms with E-state index in [9.17, 15) is 0 Å². The van der Waals surface area contributed by atoms with E-state index < -0.39 is 0 Å². The van der Waals surface area contributed by atoms with Crippen LogP contribution in [-0.4, -0.2) is 43.1 Å². The van der Waals surface area contributed by atoms with E-state index in [0.717, 1.165) is 43.0 Å². The van der Waals surface area contributed by atoms with Gasteiger partial charge in [0.2, 0.25) is 0 Å². The zero-order valence-electron chi connectivity index (χ0n) is 11.8. The average Bonchev–Trinajstić information content (AvgIpc) is 3.00. The van der Waals surface area contributed by atoms with Gasteiger partial charge in [-0.15, -0.1) is 0 Å². The van der Waals surface area contributed by atoms with Gasteiger partial charge in [-0.05, 0) is 18.5 Å². The second-order valence-corrected chi connectivity index (χ2v) is 6.24. The van der Waals surface area contributed by atoms with Gasteiger partial charge in [0.1, 0.15) is 5.15 Å². The SMILES string of the molecule is CN1CCN(c2cc(Cl)ncc2C#Cc2ccsc2)CC1. The van der Waals surface area contributed by atoms with Crippen molar-refractivity contribution in [3.8, 4) is 11.8 Å². The van der Waals surface area contributed by atoms with Crippen molar-refractivity contribution in [2.75, 3.05) is 38.1 Å². The normalized spacial score (nSPS) is 15.6. The first-order chi connectivity index (χ1) is 10.2. The summed E-state index contributed by atoms with van der Waals surface area (Å²) in [6, 6.07) is 3.95. The molecule has 1 fully saturated rings. The van der Waals surface area contributed by atoms with Gasteiger partial charge in [-0.25, -0.2) is 4.98 Å². The van der Waals surface area contributed by atoms with E-state index in [2.05, 4.69) is 33.7 Å². The van der Waals surface area contributed by atoms with Crippen molar-refractivity contribution in [3.05, 3.63) is 45.4 Å². The monoisotopic (exact) mass is 317 g/mol. The maximum atomic E-state index is 6.07. The van der Waals surface area contributed by atoms with E-state index >= 15 is 0 Å². The lowest BCUT2D eigenvalue weighted by Gasteiger charge is -2.34. The largest absolute Gasteiger partial charge is 0.368 e. The lowest BCUT2D eigenvalue weighted by Crippen LogP contribution is -2.44. The summed E-state index contributed by atoms with van der Waals surface area (Å²) in [7, 11) is 2.15. The van der Waals surface area contributed by atoms with Crippen LogP contribution >= 0.6 is 22.9 Å². The number of piperazine rings is 1. The molecule has 0 bridgehead atoms. The molecule has 108 valence electrons. The Morgan fingerprint density at radius 1 is 1.24 bits per heavy atom. The molecule has 21 heavy (non-hydrogen) atoms. The summed E-state index contributed by atoms with van der Waals surface area (Å²) in [6.45, 7) is 4.09. The third-order valence-electron chi connectivity index (χ3n) is 3.56. The number of hydrogen-bond acceptors (Lipinski definition) is 4. The number of hydrogen-bond donors (Lipinski definition) is 0. The van der Waals surface area contributed by atoms with Crippen LogP contribution in [0.4, 0.5) is 5.69 Å². The van der Waals surface area contributed by atoms with Crippen molar-refractivity contribution in [1.82, 2.24) is 9.88 Å². The second-order valence-electron chi connectivity index (χ2n) is 5.08. The predicted octanol–water partition coefficient (Wildman–Crippen LogP) is 2.95. The smallest absolute Gasteiger partial charge is 0.131 e. The van der Waals surface area contributed by atoms with Crippen molar-refractivity contribution in [3.63, 3.8) is 0 Å². The van der Waals surface area contributed by atoms with E-state index in [1.165, 1.54) is 0 Å². The number of likely N-dealkylation sites (N-methyl/N-ethyl adjacent to an activating group) is 1. The summed E-state index contributed by atoms with van der Waals surface area (Å²) >= 11 is 7.72. The number of halogens is 1. The Morgan fingerprint density at radius 2 is 2.05 bits per heavy atom. The summed E-state index contributed by atoms with van der Waals surface area (Å²) in [4.78, 5) is 8.85. The molecule has 1 saturated heterocycles. The molecule has 0 spiro atoms. The zero-order valence-corrected chi connectivity index (χ0v) is 13.4. The minimum absolute atomic E-state index is 0.519. The van der Waals surface area contributed by atoms with E-state index in [4.69, 9.17) is 11.6 Å². The summed E-state index contributed by atoms with van der Waals surface area (Å²) < 4.78 is 0. The van der Waals surface area contributed by atoms with E-state index in [-0.39, 0.29) is 0 Å². The van der Waals surface area contributed by atoms with Gasteiger partial charge in [-0.1, -0.05) is 23.4 Å². The highest BCUT2D eigenvalue weighted by Crippen LogP contribution is 2.23. The molecule has 0 N–H and O–H groups in total. The first kappa shape index (κ1) is 14.4. The summed E-state index contributed by atoms with van der Waals surface area (Å²) in [5.74, 6) is 6.42. The molecule has 2 aromatic rings. The van der Waals surface area contributed by atoms with Crippen LogP contribution in [0, 0.1) is 11.8 Å². The number of aromatic nitrogens is 1. The van der Waals surface area contributed by atoms with E-state index in [0.29, 0.717) is 5.15 Å². The van der Waals surface area contributed by atoms with Crippen LogP contribution in [0.5, 0.6) is 0 Å². The summed E-state index contributed by atoms with van der Waals surface area (Å²) in [5.41, 5.74) is 3.07. The van der Waals surface area contributed by atoms with Crippen LogP contribution in [0.2, 0.25) is 5.15 Å². The first-order valence-electron chi connectivity index (χ1n) is 6.85. The minimum Gasteiger partial charge on any atom is -0.368 e. The Balaban J connectivity index is 1.90. The molecule has 0 unspecified atom stereocenters. The van der Waals surface area contributed by atoms with E-state index in [1.807, 2.05) is 22.9 Å². The Hall–Kier alpha value is -1.54. The Morgan fingerprint density at radius 3 is 2.76 bits per heavy atom. The van der Waals surface area contributed by atoms with E-state index in [1.54, 1.807) is 17.5 Å². The summed E-state index contributed by atoms with van der Waals surface area (Å²) in [6.07, 6.45) is 1.77. The molecule has 0 amide bonds. The number of nitrogens with zero attached hydrogens (tertiary/aromatic N) is 3. The van der Waals surface area contributed by atoms with Crippen molar-refractivity contribution >= 4 is 28.6 Å². The van der Waals surface area contributed by atoms with Gasteiger partial charge < -0.3 is 9.80 Å². The van der Waals surface area contributed by atoms with Crippen molar-refractivity contribution in [1.29, 1.82) is 0 Å². The Kier molecular flexibility index (Phi) is 4.45. The molecular weight excluding hydrogens is 302 g/mol. The van der Waals surface area contributed by atoms with Crippen LogP contribution < -0.4 is 4.90 Å². The average molecular weight is 318 g/mol. The minimum atomic E-state index is 0.519. The van der Waals surface area contributed by atoms with Crippen LogP contribution in [0.25, 0.3) is 0 Å². The van der Waals surface area contributed by atoms with Crippen LogP contribution in [0.3, 0.4) is 0 Å². The quantitative estimate of drug-likeness (QED) is 0.595. The second kappa shape index (κ2) is 6.48. The molecule has 5 heteroatoms. The van der Waals surface area contributed by atoms with Gasteiger partial charge in [0.15, 0.2) is 0 Å². The fourth-order valence-electron chi connectivity index (χ4n) is 2.30.